The lowest BCUT2D eigenvalue weighted by molar-refractivity contribution is -0.127. The Hall–Kier alpha value is -3.80. The number of hydrogen-bond donors (Lipinski definition) is 1. The third-order valence-corrected chi connectivity index (χ3v) is 4.31. The number of carbonyl (C=O) groups is 1. The van der Waals surface area contributed by atoms with Crippen LogP contribution in [0.15, 0.2) is 78.2 Å². The van der Waals surface area contributed by atoms with Gasteiger partial charge in [-0.05, 0) is 25.1 Å². The molecule has 2 aromatic heterocycles. The SMILES string of the molecule is C[C@H](Oc1cccc2cccnc12)C(=O)N/N=C\c1cccc2cccnc12. The van der Waals surface area contributed by atoms with Gasteiger partial charge in [-0.1, -0.05) is 42.5 Å². The number of hydrogen-bond acceptors (Lipinski definition) is 5. The Morgan fingerprint density at radius 3 is 2.39 bits per heavy atom. The summed E-state index contributed by atoms with van der Waals surface area (Å²) in [5.41, 5.74) is 4.89. The maximum absolute atomic E-state index is 12.4. The number of amides is 1. The van der Waals surface area contributed by atoms with Crippen molar-refractivity contribution in [3.8, 4) is 5.75 Å². The Bertz CT molecular complexity index is 1160. The number of rotatable bonds is 5. The van der Waals surface area contributed by atoms with E-state index < -0.39 is 6.10 Å². The van der Waals surface area contributed by atoms with Gasteiger partial charge < -0.3 is 4.74 Å². The van der Waals surface area contributed by atoms with Crippen molar-refractivity contribution >= 4 is 33.9 Å². The number of nitrogens with zero attached hydrogens (tertiary/aromatic N) is 3. The molecule has 0 aliphatic rings. The molecule has 0 aliphatic carbocycles. The van der Waals surface area contributed by atoms with Crippen molar-refractivity contribution in [2.45, 2.75) is 13.0 Å². The van der Waals surface area contributed by atoms with E-state index in [0.717, 1.165) is 27.4 Å². The first-order chi connectivity index (χ1) is 13.7. The highest BCUT2D eigenvalue weighted by Crippen LogP contribution is 2.23. The van der Waals surface area contributed by atoms with Crippen molar-refractivity contribution in [3.05, 3.63) is 78.6 Å². The summed E-state index contributed by atoms with van der Waals surface area (Å²) in [6.45, 7) is 1.67. The molecule has 0 unspecified atom stereocenters. The van der Waals surface area contributed by atoms with E-state index in [-0.39, 0.29) is 5.91 Å². The van der Waals surface area contributed by atoms with Crippen LogP contribution in [-0.4, -0.2) is 28.2 Å². The molecule has 1 amide bonds. The standard InChI is InChI=1S/C22H18N4O2/c1-15(28-19-11-3-7-17-10-5-13-24-21(17)19)22(27)26-25-14-18-8-2-6-16-9-4-12-23-20(16)18/h2-15H,1H3,(H,26,27)/b25-14-/t15-/m0/s1. The van der Waals surface area contributed by atoms with Crippen LogP contribution in [0.2, 0.25) is 0 Å². The predicted octanol–water partition coefficient (Wildman–Crippen LogP) is 3.70. The van der Waals surface area contributed by atoms with Crippen LogP contribution in [0.1, 0.15) is 12.5 Å². The molecule has 6 nitrogen and oxygen atoms in total. The van der Waals surface area contributed by atoms with E-state index in [1.165, 1.54) is 0 Å². The van der Waals surface area contributed by atoms with Crippen LogP contribution in [0.5, 0.6) is 5.75 Å². The normalized spacial score (nSPS) is 12.3. The van der Waals surface area contributed by atoms with Crippen LogP contribution < -0.4 is 10.2 Å². The molecule has 2 heterocycles. The Balaban J connectivity index is 1.45. The lowest BCUT2D eigenvalue weighted by Gasteiger charge is -2.14. The molecule has 28 heavy (non-hydrogen) atoms. The number of aromatic nitrogens is 2. The summed E-state index contributed by atoms with van der Waals surface area (Å²) in [5, 5.41) is 6.02. The lowest BCUT2D eigenvalue weighted by Crippen LogP contribution is -2.33. The molecule has 0 bridgehead atoms. The van der Waals surface area contributed by atoms with Gasteiger partial charge in [-0.15, -0.1) is 0 Å². The molecule has 0 saturated heterocycles. The minimum Gasteiger partial charge on any atom is -0.479 e. The van der Waals surface area contributed by atoms with Crippen LogP contribution in [0, 0.1) is 0 Å². The van der Waals surface area contributed by atoms with E-state index in [1.807, 2.05) is 54.6 Å². The molecule has 0 aliphatic heterocycles. The van der Waals surface area contributed by atoms with Gasteiger partial charge in [0.2, 0.25) is 0 Å². The first-order valence-electron chi connectivity index (χ1n) is 8.89. The van der Waals surface area contributed by atoms with Crippen molar-refractivity contribution in [1.82, 2.24) is 15.4 Å². The second kappa shape index (κ2) is 7.84. The number of fused-ring (bicyclic) bond motifs is 2. The number of pyridine rings is 2. The summed E-state index contributed by atoms with van der Waals surface area (Å²) in [7, 11) is 0. The molecule has 2 aromatic carbocycles. The molecule has 1 atom stereocenters. The Morgan fingerprint density at radius 1 is 0.964 bits per heavy atom. The molecular weight excluding hydrogens is 352 g/mol. The fourth-order valence-corrected chi connectivity index (χ4v) is 2.90. The molecule has 0 spiro atoms. The van der Waals surface area contributed by atoms with Gasteiger partial charge in [0.05, 0.1) is 11.7 Å². The molecule has 138 valence electrons. The topological polar surface area (TPSA) is 76.5 Å². The van der Waals surface area contributed by atoms with E-state index in [9.17, 15) is 4.79 Å². The monoisotopic (exact) mass is 370 g/mol. The zero-order valence-corrected chi connectivity index (χ0v) is 15.2. The Labute approximate surface area is 161 Å². The second-order valence-corrected chi connectivity index (χ2v) is 6.25. The second-order valence-electron chi connectivity index (χ2n) is 6.25. The number of para-hydroxylation sites is 2. The first-order valence-corrected chi connectivity index (χ1v) is 8.89. The summed E-state index contributed by atoms with van der Waals surface area (Å²) >= 11 is 0. The van der Waals surface area contributed by atoms with E-state index in [2.05, 4.69) is 20.5 Å². The maximum Gasteiger partial charge on any atom is 0.280 e. The predicted molar refractivity (Wildman–Crippen MR) is 109 cm³/mol. The number of hydrazone groups is 1. The van der Waals surface area contributed by atoms with Crippen LogP contribution >= 0.6 is 0 Å². The fourth-order valence-electron chi connectivity index (χ4n) is 2.90. The van der Waals surface area contributed by atoms with Crippen molar-refractivity contribution in [1.29, 1.82) is 0 Å². The van der Waals surface area contributed by atoms with Crippen LogP contribution in [0.4, 0.5) is 0 Å². The van der Waals surface area contributed by atoms with Crippen molar-refractivity contribution in [2.24, 2.45) is 5.10 Å². The number of nitrogens with one attached hydrogen (secondary N) is 1. The van der Waals surface area contributed by atoms with Gasteiger partial charge in [-0.2, -0.15) is 5.10 Å². The average molecular weight is 370 g/mol. The van der Waals surface area contributed by atoms with Crippen LogP contribution in [-0.2, 0) is 4.79 Å². The van der Waals surface area contributed by atoms with Crippen molar-refractivity contribution in [3.63, 3.8) is 0 Å². The van der Waals surface area contributed by atoms with E-state index in [1.54, 1.807) is 31.6 Å². The Morgan fingerprint density at radius 2 is 1.61 bits per heavy atom. The first kappa shape index (κ1) is 17.6. The summed E-state index contributed by atoms with van der Waals surface area (Å²) in [5.74, 6) is 0.209. The molecule has 0 fully saturated rings. The maximum atomic E-state index is 12.4. The fraction of sp³-hybridized carbons (Fsp3) is 0.0909. The molecule has 4 aromatic rings. The van der Waals surface area contributed by atoms with Gasteiger partial charge in [-0.25, -0.2) is 5.43 Å². The smallest absolute Gasteiger partial charge is 0.280 e. The summed E-state index contributed by atoms with van der Waals surface area (Å²) in [4.78, 5) is 21.0. The van der Waals surface area contributed by atoms with Crippen LogP contribution in [0.3, 0.4) is 0 Å². The van der Waals surface area contributed by atoms with Gasteiger partial charge in [0, 0.05) is 28.7 Å². The van der Waals surface area contributed by atoms with Gasteiger partial charge in [0.1, 0.15) is 11.3 Å². The van der Waals surface area contributed by atoms with E-state index in [4.69, 9.17) is 4.74 Å². The Kier molecular flexibility index (Phi) is 4.93. The van der Waals surface area contributed by atoms with Gasteiger partial charge in [-0.3, -0.25) is 14.8 Å². The summed E-state index contributed by atoms with van der Waals surface area (Å²) < 4.78 is 5.80. The third-order valence-electron chi connectivity index (χ3n) is 4.31. The molecule has 0 radical (unpaired) electrons. The number of ether oxygens (including phenoxy) is 1. The van der Waals surface area contributed by atoms with Gasteiger partial charge >= 0.3 is 0 Å². The van der Waals surface area contributed by atoms with Gasteiger partial charge in [0.15, 0.2) is 6.10 Å². The molecule has 4 rings (SSSR count). The minimum absolute atomic E-state index is 0.350. The molecule has 0 saturated carbocycles. The lowest BCUT2D eigenvalue weighted by atomic mass is 10.1. The summed E-state index contributed by atoms with van der Waals surface area (Å²) in [6.07, 6.45) is 4.28. The highest BCUT2D eigenvalue weighted by Gasteiger charge is 2.15. The van der Waals surface area contributed by atoms with E-state index >= 15 is 0 Å². The largest absolute Gasteiger partial charge is 0.479 e. The molecule has 1 N–H and O–H groups in total. The zero-order chi connectivity index (χ0) is 19.3. The van der Waals surface area contributed by atoms with Crippen LogP contribution in [0.25, 0.3) is 21.8 Å². The third kappa shape index (κ3) is 3.66. The molecule has 6 heteroatoms. The average Bonchev–Trinajstić information content (AvgIpc) is 2.74. The number of benzene rings is 2. The highest BCUT2D eigenvalue weighted by molar-refractivity contribution is 5.97. The number of carbonyl (C=O) groups excluding carboxylic acids is 1. The zero-order valence-electron chi connectivity index (χ0n) is 15.2. The highest BCUT2D eigenvalue weighted by atomic mass is 16.5. The van der Waals surface area contributed by atoms with Crippen molar-refractivity contribution in [2.75, 3.05) is 0 Å². The van der Waals surface area contributed by atoms with Gasteiger partial charge in [0.25, 0.3) is 5.91 Å². The minimum atomic E-state index is -0.726. The quantitative estimate of drug-likeness (QED) is 0.429. The molecular formula is C22H18N4O2. The van der Waals surface area contributed by atoms with Crippen molar-refractivity contribution < 1.29 is 9.53 Å². The van der Waals surface area contributed by atoms with E-state index in [0.29, 0.717) is 5.75 Å². The summed E-state index contributed by atoms with van der Waals surface area (Å²) in [6, 6.07) is 19.1.